The summed E-state index contributed by atoms with van der Waals surface area (Å²) in [6, 6.07) is 19.0. The number of nitrogens with one attached hydrogen (secondary N) is 1. The van der Waals surface area contributed by atoms with Crippen molar-refractivity contribution in [3.8, 4) is 17.6 Å². The van der Waals surface area contributed by atoms with Gasteiger partial charge in [0.15, 0.2) is 9.84 Å². The van der Waals surface area contributed by atoms with Gasteiger partial charge in [-0.25, -0.2) is 8.42 Å². The minimum absolute atomic E-state index is 0.176. The number of nitro groups is 1. The van der Waals surface area contributed by atoms with Crippen LogP contribution in [0.4, 0.5) is 17.1 Å². The fraction of sp³-hybridized carbons (Fsp3) is 0.0500. The van der Waals surface area contributed by atoms with E-state index < -0.39 is 14.8 Å². The predicted octanol–water partition coefficient (Wildman–Crippen LogP) is 4.41. The first-order valence-electron chi connectivity index (χ1n) is 8.30. The highest BCUT2D eigenvalue weighted by atomic mass is 32.2. The van der Waals surface area contributed by atoms with Crippen LogP contribution in [-0.4, -0.2) is 19.6 Å². The van der Waals surface area contributed by atoms with Gasteiger partial charge >= 0.3 is 0 Å². The van der Waals surface area contributed by atoms with Crippen molar-refractivity contribution in [3.05, 3.63) is 82.4 Å². The first-order chi connectivity index (χ1) is 13.8. The molecule has 0 aromatic heterocycles. The van der Waals surface area contributed by atoms with Crippen LogP contribution in [-0.2, 0) is 9.84 Å². The Morgan fingerprint density at radius 3 is 2.38 bits per heavy atom. The molecule has 0 radical (unpaired) electrons. The third-order valence-electron chi connectivity index (χ3n) is 3.91. The van der Waals surface area contributed by atoms with Crippen LogP contribution in [0.3, 0.4) is 0 Å². The molecule has 0 spiro atoms. The fourth-order valence-corrected chi connectivity index (χ4v) is 3.41. The number of nitriles is 1. The molecule has 0 bridgehead atoms. The molecule has 0 aliphatic carbocycles. The lowest BCUT2D eigenvalue weighted by Gasteiger charge is -2.12. The monoisotopic (exact) mass is 409 g/mol. The maximum Gasteiger partial charge on any atom is 0.270 e. The minimum Gasteiger partial charge on any atom is -0.457 e. The van der Waals surface area contributed by atoms with E-state index in [9.17, 15) is 18.5 Å². The van der Waals surface area contributed by atoms with Crippen LogP contribution in [0.25, 0.3) is 0 Å². The lowest BCUT2D eigenvalue weighted by atomic mass is 10.2. The van der Waals surface area contributed by atoms with Crippen LogP contribution < -0.4 is 10.1 Å². The van der Waals surface area contributed by atoms with E-state index in [1.54, 1.807) is 48.5 Å². The Hall–Kier alpha value is -3.90. The highest BCUT2D eigenvalue weighted by Gasteiger charge is 2.18. The van der Waals surface area contributed by atoms with Gasteiger partial charge < -0.3 is 10.1 Å². The van der Waals surface area contributed by atoms with E-state index >= 15 is 0 Å². The van der Waals surface area contributed by atoms with Crippen molar-refractivity contribution in [3.63, 3.8) is 0 Å². The van der Waals surface area contributed by atoms with Crippen LogP contribution in [0.1, 0.15) is 5.56 Å². The van der Waals surface area contributed by atoms with Crippen LogP contribution in [0.15, 0.2) is 71.6 Å². The average Bonchev–Trinajstić information content (AvgIpc) is 2.68. The number of hydrogen-bond acceptors (Lipinski definition) is 7. The number of hydrogen-bond donors (Lipinski definition) is 1. The highest BCUT2D eigenvalue weighted by Crippen LogP contribution is 2.31. The highest BCUT2D eigenvalue weighted by molar-refractivity contribution is 7.90. The second-order valence-corrected chi connectivity index (χ2v) is 8.08. The second kappa shape index (κ2) is 8.00. The molecule has 3 aromatic rings. The van der Waals surface area contributed by atoms with Crippen LogP contribution >= 0.6 is 0 Å². The average molecular weight is 409 g/mol. The molecule has 0 atom stereocenters. The molecule has 0 saturated heterocycles. The van der Waals surface area contributed by atoms with E-state index in [0.29, 0.717) is 22.7 Å². The normalized spacial score (nSPS) is 10.8. The zero-order valence-corrected chi connectivity index (χ0v) is 16.0. The zero-order chi connectivity index (χ0) is 21.0. The maximum atomic E-state index is 12.1. The number of sulfone groups is 1. The second-order valence-electron chi connectivity index (χ2n) is 6.10. The maximum absolute atomic E-state index is 12.1. The van der Waals surface area contributed by atoms with E-state index in [1.165, 1.54) is 12.1 Å². The van der Waals surface area contributed by atoms with Gasteiger partial charge in [-0.15, -0.1) is 0 Å². The summed E-state index contributed by atoms with van der Waals surface area (Å²) in [6.07, 6.45) is 0.988. The van der Waals surface area contributed by atoms with Crippen molar-refractivity contribution in [1.82, 2.24) is 0 Å². The smallest absolute Gasteiger partial charge is 0.270 e. The molecule has 0 fully saturated rings. The molecule has 3 aromatic carbocycles. The van der Waals surface area contributed by atoms with Gasteiger partial charge in [0, 0.05) is 30.1 Å². The summed E-state index contributed by atoms with van der Waals surface area (Å²) in [5, 5.41) is 22.8. The summed E-state index contributed by atoms with van der Waals surface area (Å²) in [7, 11) is -3.70. The van der Waals surface area contributed by atoms with E-state index in [-0.39, 0.29) is 16.3 Å². The molecule has 0 saturated carbocycles. The summed E-state index contributed by atoms with van der Waals surface area (Å²) < 4.78 is 29.9. The van der Waals surface area contributed by atoms with Gasteiger partial charge in [-0.2, -0.15) is 5.26 Å². The lowest BCUT2D eigenvalue weighted by molar-refractivity contribution is -0.385. The predicted molar refractivity (Wildman–Crippen MR) is 107 cm³/mol. The molecule has 8 nitrogen and oxygen atoms in total. The van der Waals surface area contributed by atoms with E-state index in [0.717, 1.165) is 12.3 Å². The standard InChI is InChI=1S/C20H15N3O5S/c1-29(26,27)20-12-16(23(24)25)7-10-19(20)22-15-3-2-4-18(11-15)28-17-8-5-14(13-21)6-9-17/h2-12,22H,1H3. The Labute approximate surface area is 167 Å². The van der Waals surface area contributed by atoms with Gasteiger partial charge in [0.1, 0.15) is 11.5 Å². The Kier molecular flexibility index (Phi) is 5.47. The molecule has 3 rings (SSSR count). The molecule has 0 aliphatic heterocycles. The number of nitro benzene ring substituents is 1. The van der Waals surface area contributed by atoms with Crippen molar-refractivity contribution in [1.29, 1.82) is 5.26 Å². The molecular formula is C20H15N3O5S. The van der Waals surface area contributed by atoms with Crippen LogP contribution in [0.2, 0.25) is 0 Å². The van der Waals surface area contributed by atoms with Crippen molar-refractivity contribution < 1.29 is 18.1 Å². The molecule has 1 N–H and O–H groups in total. The summed E-state index contributed by atoms with van der Waals surface area (Å²) in [6.45, 7) is 0. The molecule has 9 heteroatoms. The lowest BCUT2D eigenvalue weighted by Crippen LogP contribution is -2.04. The Balaban J connectivity index is 1.88. The third-order valence-corrected chi connectivity index (χ3v) is 5.04. The Morgan fingerprint density at radius 2 is 1.76 bits per heavy atom. The first-order valence-corrected chi connectivity index (χ1v) is 10.2. The van der Waals surface area contributed by atoms with E-state index in [2.05, 4.69) is 5.32 Å². The topological polar surface area (TPSA) is 122 Å². The SMILES string of the molecule is CS(=O)(=O)c1cc([N+](=O)[O-])ccc1Nc1cccc(Oc2ccc(C#N)cc2)c1. The van der Waals surface area contributed by atoms with Crippen LogP contribution in [0.5, 0.6) is 11.5 Å². The van der Waals surface area contributed by atoms with Crippen molar-refractivity contribution in [2.75, 3.05) is 11.6 Å². The van der Waals surface area contributed by atoms with E-state index in [4.69, 9.17) is 10.00 Å². The van der Waals surface area contributed by atoms with Gasteiger partial charge in [0.25, 0.3) is 5.69 Å². The molecule has 146 valence electrons. The number of benzene rings is 3. The minimum atomic E-state index is -3.70. The van der Waals surface area contributed by atoms with Crippen molar-refractivity contribution in [2.45, 2.75) is 4.90 Å². The van der Waals surface area contributed by atoms with Gasteiger partial charge in [0.2, 0.25) is 0 Å². The van der Waals surface area contributed by atoms with Crippen LogP contribution in [0, 0.1) is 21.4 Å². The van der Waals surface area contributed by atoms with Gasteiger partial charge in [0.05, 0.1) is 27.1 Å². The molecule has 0 heterocycles. The van der Waals surface area contributed by atoms with Gasteiger partial charge in [-0.05, 0) is 42.5 Å². The first kappa shape index (κ1) is 19.9. The molecule has 29 heavy (non-hydrogen) atoms. The number of nitrogens with zero attached hydrogens (tertiary/aromatic N) is 2. The number of ether oxygens (including phenoxy) is 1. The van der Waals surface area contributed by atoms with E-state index in [1.807, 2.05) is 6.07 Å². The number of non-ortho nitro benzene ring substituents is 1. The molecule has 0 amide bonds. The molecule has 0 aliphatic rings. The quantitative estimate of drug-likeness (QED) is 0.473. The largest absolute Gasteiger partial charge is 0.457 e. The zero-order valence-electron chi connectivity index (χ0n) is 15.2. The summed E-state index contributed by atoms with van der Waals surface area (Å²) in [4.78, 5) is 10.1. The number of anilines is 2. The summed E-state index contributed by atoms with van der Waals surface area (Å²) >= 11 is 0. The molecule has 0 unspecified atom stereocenters. The summed E-state index contributed by atoms with van der Waals surface area (Å²) in [5.74, 6) is 1.02. The van der Waals surface area contributed by atoms with Crippen molar-refractivity contribution in [2.24, 2.45) is 0 Å². The Morgan fingerprint density at radius 1 is 1.03 bits per heavy atom. The number of rotatable bonds is 6. The van der Waals surface area contributed by atoms with Gasteiger partial charge in [-0.3, -0.25) is 10.1 Å². The fourth-order valence-electron chi connectivity index (χ4n) is 2.56. The Bertz CT molecular complexity index is 1220. The third kappa shape index (κ3) is 4.88. The summed E-state index contributed by atoms with van der Waals surface area (Å²) in [5.41, 5.74) is 0.955. The van der Waals surface area contributed by atoms with Crippen molar-refractivity contribution >= 4 is 26.9 Å². The van der Waals surface area contributed by atoms with Gasteiger partial charge in [-0.1, -0.05) is 6.07 Å². The molecular weight excluding hydrogens is 394 g/mol.